The minimum atomic E-state index is -4.42. The number of para-hydroxylation sites is 2. The first-order valence-corrected chi connectivity index (χ1v) is 7.46. The second-order valence-electron chi connectivity index (χ2n) is 5.66. The summed E-state index contributed by atoms with van der Waals surface area (Å²) in [6.07, 6.45) is -4.42. The fourth-order valence-corrected chi connectivity index (χ4v) is 2.84. The Morgan fingerprint density at radius 1 is 1.08 bits per heavy atom. The van der Waals surface area contributed by atoms with Crippen LogP contribution < -0.4 is 10.1 Å². The molecule has 126 valence electrons. The van der Waals surface area contributed by atoms with Crippen LogP contribution in [-0.2, 0) is 6.18 Å². The number of H-pyrrole nitrogens is 1. The summed E-state index contributed by atoms with van der Waals surface area (Å²) in [7, 11) is 0. The SMILES string of the molecule is Cc1nc2ccccc2[n+]2[nH]n(-c3ccc(C(F)(F)F)cc3)c(=O)c12. The summed E-state index contributed by atoms with van der Waals surface area (Å²) in [5, 5.41) is 2.92. The van der Waals surface area contributed by atoms with Crippen LogP contribution in [0.15, 0.2) is 53.3 Å². The Kier molecular flexibility index (Phi) is 3.18. The van der Waals surface area contributed by atoms with Crippen molar-refractivity contribution in [2.45, 2.75) is 13.1 Å². The average molecular weight is 345 g/mol. The van der Waals surface area contributed by atoms with E-state index in [-0.39, 0.29) is 5.56 Å². The van der Waals surface area contributed by atoms with Gasteiger partial charge in [-0.1, -0.05) is 22.0 Å². The van der Waals surface area contributed by atoms with Crippen molar-refractivity contribution in [3.8, 4) is 5.69 Å². The van der Waals surface area contributed by atoms with E-state index < -0.39 is 11.7 Å². The summed E-state index contributed by atoms with van der Waals surface area (Å²) < 4.78 is 40.9. The van der Waals surface area contributed by atoms with Gasteiger partial charge in [-0.15, -0.1) is 4.52 Å². The van der Waals surface area contributed by atoms with Crippen LogP contribution in [0.1, 0.15) is 11.3 Å². The number of nitrogens with zero attached hydrogens (tertiary/aromatic N) is 3. The third kappa shape index (κ3) is 2.37. The lowest BCUT2D eigenvalue weighted by Gasteiger charge is -2.05. The van der Waals surface area contributed by atoms with E-state index in [0.29, 0.717) is 27.9 Å². The topological polar surface area (TPSA) is 54.8 Å². The highest BCUT2D eigenvalue weighted by Crippen LogP contribution is 2.29. The van der Waals surface area contributed by atoms with E-state index in [2.05, 4.69) is 10.2 Å². The number of aromatic amines is 1. The Bertz CT molecular complexity index is 1160. The van der Waals surface area contributed by atoms with Crippen molar-refractivity contribution in [1.82, 2.24) is 14.9 Å². The molecule has 0 radical (unpaired) electrons. The number of rotatable bonds is 1. The highest BCUT2D eigenvalue weighted by Gasteiger charge is 2.30. The van der Waals surface area contributed by atoms with Crippen LogP contribution >= 0.6 is 0 Å². The number of aryl methyl sites for hydroxylation is 1. The van der Waals surface area contributed by atoms with Gasteiger partial charge in [0.1, 0.15) is 5.52 Å². The summed E-state index contributed by atoms with van der Waals surface area (Å²) in [4.78, 5) is 17.1. The van der Waals surface area contributed by atoms with E-state index in [4.69, 9.17) is 0 Å². The molecule has 0 amide bonds. The van der Waals surface area contributed by atoms with E-state index >= 15 is 0 Å². The molecule has 0 bridgehead atoms. The molecule has 2 aromatic heterocycles. The molecule has 0 unspecified atom stereocenters. The normalized spacial score (nSPS) is 12.2. The minimum absolute atomic E-state index is 0.310. The van der Waals surface area contributed by atoms with Crippen LogP contribution in [0.4, 0.5) is 13.2 Å². The summed E-state index contributed by atoms with van der Waals surface area (Å²) >= 11 is 0. The van der Waals surface area contributed by atoms with Crippen molar-refractivity contribution in [3.63, 3.8) is 0 Å². The molecule has 4 aromatic rings. The second-order valence-corrected chi connectivity index (χ2v) is 5.66. The van der Waals surface area contributed by atoms with E-state index in [1.807, 2.05) is 24.3 Å². The van der Waals surface area contributed by atoms with Crippen molar-refractivity contribution in [1.29, 1.82) is 0 Å². The molecule has 4 rings (SSSR count). The van der Waals surface area contributed by atoms with Gasteiger partial charge in [0.05, 0.1) is 11.3 Å². The zero-order valence-corrected chi connectivity index (χ0v) is 13.0. The quantitative estimate of drug-likeness (QED) is 0.540. The Morgan fingerprint density at radius 3 is 2.44 bits per heavy atom. The fraction of sp³-hybridized carbons (Fsp3) is 0.118. The van der Waals surface area contributed by atoms with Crippen molar-refractivity contribution < 1.29 is 17.7 Å². The minimum Gasteiger partial charge on any atom is -0.244 e. The van der Waals surface area contributed by atoms with Gasteiger partial charge in [-0.2, -0.15) is 13.2 Å². The van der Waals surface area contributed by atoms with Gasteiger partial charge in [0.2, 0.25) is 0 Å². The van der Waals surface area contributed by atoms with Gasteiger partial charge in [-0.3, -0.25) is 0 Å². The largest absolute Gasteiger partial charge is 0.416 e. The molecule has 1 N–H and O–H groups in total. The first-order chi connectivity index (χ1) is 11.9. The summed E-state index contributed by atoms with van der Waals surface area (Å²) in [6.45, 7) is 1.72. The molecule has 0 saturated heterocycles. The molecule has 0 spiro atoms. The van der Waals surface area contributed by atoms with Crippen LogP contribution in [0, 0.1) is 6.92 Å². The maximum absolute atomic E-state index is 12.7. The van der Waals surface area contributed by atoms with E-state index in [1.54, 1.807) is 11.4 Å². The van der Waals surface area contributed by atoms with Crippen LogP contribution in [0.5, 0.6) is 0 Å². The smallest absolute Gasteiger partial charge is 0.244 e. The predicted molar refractivity (Wildman–Crippen MR) is 84.6 cm³/mol. The fourth-order valence-electron chi connectivity index (χ4n) is 2.84. The third-order valence-electron chi connectivity index (χ3n) is 4.04. The van der Waals surface area contributed by atoms with E-state index in [1.165, 1.54) is 16.8 Å². The number of halogens is 3. The number of hydrogen-bond acceptors (Lipinski definition) is 2. The molecule has 0 fully saturated rings. The molecule has 0 atom stereocenters. The van der Waals surface area contributed by atoms with E-state index in [0.717, 1.165) is 12.1 Å². The Labute approximate surface area is 138 Å². The highest BCUT2D eigenvalue weighted by molar-refractivity contribution is 5.72. The van der Waals surface area contributed by atoms with Crippen molar-refractivity contribution in [2.24, 2.45) is 0 Å². The first-order valence-electron chi connectivity index (χ1n) is 7.46. The zero-order chi connectivity index (χ0) is 17.8. The van der Waals surface area contributed by atoms with Gasteiger partial charge in [-0.25, -0.2) is 9.78 Å². The molecule has 0 aliphatic carbocycles. The summed E-state index contributed by atoms with van der Waals surface area (Å²) in [5.41, 5.74) is 1.45. The van der Waals surface area contributed by atoms with Gasteiger partial charge in [0, 0.05) is 0 Å². The zero-order valence-electron chi connectivity index (χ0n) is 13.0. The molecule has 0 saturated carbocycles. The molecule has 0 aliphatic rings. The number of aromatic nitrogens is 4. The molecular weight excluding hydrogens is 333 g/mol. The Hall–Kier alpha value is -3.16. The van der Waals surface area contributed by atoms with E-state index in [9.17, 15) is 18.0 Å². The van der Waals surface area contributed by atoms with Crippen molar-refractivity contribution in [2.75, 3.05) is 0 Å². The molecular formula is C17H12F3N4O+. The number of alkyl halides is 3. The van der Waals surface area contributed by atoms with Gasteiger partial charge < -0.3 is 0 Å². The van der Waals surface area contributed by atoms with Crippen LogP contribution in [0.3, 0.4) is 0 Å². The number of nitrogens with one attached hydrogen (secondary N) is 1. The first kappa shape index (κ1) is 15.4. The van der Waals surface area contributed by atoms with Gasteiger partial charge in [0.15, 0.2) is 11.2 Å². The standard InChI is InChI=1S/C17H11F3N4O/c1-10-15-16(25)23(12-8-6-11(7-9-12)17(18,19)20)22-24(15)14-5-3-2-4-13(14)21-10/h2-9H,1H3/p+1. The molecule has 2 aromatic carbocycles. The lowest BCUT2D eigenvalue weighted by atomic mass is 10.2. The lowest BCUT2D eigenvalue weighted by molar-refractivity contribution is -0.556. The monoisotopic (exact) mass is 345 g/mol. The average Bonchev–Trinajstić information content (AvgIpc) is 2.93. The predicted octanol–water partition coefficient (Wildman–Crippen LogP) is 2.78. The maximum Gasteiger partial charge on any atom is 0.416 e. The van der Waals surface area contributed by atoms with Gasteiger partial charge in [-0.05, 0) is 43.3 Å². The van der Waals surface area contributed by atoms with Gasteiger partial charge >= 0.3 is 11.7 Å². The molecule has 25 heavy (non-hydrogen) atoms. The van der Waals surface area contributed by atoms with Gasteiger partial charge in [0.25, 0.3) is 5.52 Å². The van der Waals surface area contributed by atoms with Crippen LogP contribution in [-0.4, -0.2) is 14.9 Å². The molecule has 2 heterocycles. The highest BCUT2D eigenvalue weighted by atomic mass is 19.4. The van der Waals surface area contributed by atoms with Crippen LogP contribution in [0.25, 0.3) is 22.2 Å². The summed E-state index contributed by atoms with van der Waals surface area (Å²) in [6, 6.07) is 11.7. The number of fused-ring (bicyclic) bond motifs is 3. The van der Waals surface area contributed by atoms with Crippen LogP contribution in [0.2, 0.25) is 0 Å². The van der Waals surface area contributed by atoms with Crippen molar-refractivity contribution >= 4 is 16.6 Å². The summed E-state index contributed by atoms with van der Waals surface area (Å²) in [5.74, 6) is 0. The second kappa shape index (κ2) is 5.17. The maximum atomic E-state index is 12.7. The Balaban J connectivity index is 1.97. The third-order valence-corrected chi connectivity index (χ3v) is 4.04. The molecule has 0 aliphatic heterocycles. The molecule has 8 heteroatoms. The van der Waals surface area contributed by atoms with Crippen molar-refractivity contribution in [3.05, 3.63) is 70.1 Å². The number of benzene rings is 2. The lowest BCUT2D eigenvalue weighted by Crippen LogP contribution is -2.27. The number of hydrogen-bond donors (Lipinski definition) is 1. The Morgan fingerprint density at radius 2 is 1.76 bits per heavy atom. The molecule has 5 nitrogen and oxygen atoms in total.